The van der Waals surface area contributed by atoms with E-state index >= 15 is 0 Å². The van der Waals surface area contributed by atoms with E-state index in [2.05, 4.69) is 5.32 Å². The third kappa shape index (κ3) is 4.32. The van der Waals surface area contributed by atoms with Gasteiger partial charge in [0.05, 0.1) is 24.2 Å². The van der Waals surface area contributed by atoms with Crippen molar-refractivity contribution in [1.29, 1.82) is 0 Å². The summed E-state index contributed by atoms with van der Waals surface area (Å²) in [6.07, 6.45) is 2.87. The normalized spacial score (nSPS) is 17.6. The number of nitrogens with zero attached hydrogens (tertiary/aromatic N) is 3. The summed E-state index contributed by atoms with van der Waals surface area (Å²) in [5, 5.41) is 2.94. The van der Waals surface area contributed by atoms with Crippen LogP contribution >= 0.6 is 0 Å². The summed E-state index contributed by atoms with van der Waals surface area (Å²) in [7, 11) is 0. The van der Waals surface area contributed by atoms with Crippen molar-refractivity contribution in [2.75, 3.05) is 49.5 Å². The van der Waals surface area contributed by atoms with Crippen molar-refractivity contribution in [1.82, 2.24) is 9.80 Å². The molecule has 0 saturated carbocycles. The van der Waals surface area contributed by atoms with Gasteiger partial charge in [0.15, 0.2) is 5.76 Å². The fourth-order valence-corrected chi connectivity index (χ4v) is 3.78. The van der Waals surface area contributed by atoms with Crippen LogP contribution in [-0.2, 0) is 9.59 Å². The molecule has 2 fully saturated rings. The van der Waals surface area contributed by atoms with E-state index in [0.717, 1.165) is 12.1 Å². The number of hydrogen-bond donors (Lipinski definition) is 1. The summed E-state index contributed by atoms with van der Waals surface area (Å²) in [6, 6.07) is 10.7. The number of carbonyl (C=O) groups is 3. The molecule has 0 aliphatic carbocycles. The molecule has 2 aliphatic heterocycles. The predicted molar refractivity (Wildman–Crippen MR) is 108 cm³/mol. The van der Waals surface area contributed by atoms with E-state index in [4.69, 9.17) is 4.42 Å². The van der Waals surface area contributed by atoms with Crippen LogP contribution in [-0.4, -0.2) is 66.8 Å². The molecular weight excluding hydrogens is 372 g/mol. The molecule has 1 N–H and O–H groups in total. The lowest BCUT2D eigenvalue weighted by Gasteiger charge is -2.33. The molecule has 3 amide bonds. The van der Waals surface area contributed by atoms with Gasteiger partial charge in [-0.15, -0.1) is 0 Å². The fourth-order valence-electron chi connectivity index (χ4n) is 3.78. The molecule has 29 heavy (non-hydrogen) atoms. The average molecular weight is 396 g/mol. The Morgan fingerprint density at radius 1 is 1.00 bits per heavy atom. The van der Waals surface area contributed by atoms with E-state index in [0.29, 0.717) is 50.6 Å². The maximum Gasteiger partial charge on any atom is 0.289 e. The van der Waals surface area contributed by atoms with Crippen LogP contribution in [0.5, 0.6) is 0 Å². The summed E-state index contributed by atoms with van der Waals surface area (Å²) in [4.78, 5) is 42.5. The Bertz CT molecular complexity index is 888. The monoisotopic (exact) mass is 396 g/mol. The van der Waals surface area contributed by atoms with Crippen LogP contribution in [0.1, 0.15) is 23.4 Å². The molecule has 8 heteroatoms. The average Bonchev–Trinajstić information content (AvgIpc) is 3.40. The molecule has 1 aromatic heterocycles. The Morgan fingerprint density at radius 3 is 2.48 bits per heavy atom. The number of furan rings is 1. The molecule has 2 aromatic rings. The molecule has 4 rings (SSSR count). The third-order valence-electron chi connectivity index (χ3n) is 5.30. The van der Waals surface area contributed by atoms with E-state index in [-0.39, 0.29) is 24.3 Å². The van der Waals surface area contributed by atoms with Crippen LogP contribution in [0.4, 0.5) is 11.4 Å². The Hall–Kier alpha value is -3.13. The van der Waals surface area contributed by atoms with Crippen LogP contribution in [0.3, 0.4) is 0 Å². The topological polar surface area (TPSA) is 86.1 Å². The van der Waals surface area contributed by atoms with Gasteiger partial charge in [-0.05, 0) is 30.7 Å². The van der Waals surface area contributed by atoms with Gasteiger partial charge in [0, 0.05) is 39.1 Å². The number of nitrogens with one attached hydrogen (secondary N) is 1. The van der Waals surface area contributed by atoms with E-state index in [1.54, 1.807) is 21.9 Å². The van der Waals surface area contributed by atoms with Gasteiger partial charge in [-0.1, -0.05) is 12.1 Å². The molecule has 2 saturated heterocycles. The highest BCUT2D eigenvalue weighted by atomic mass is 16.3. The van der Waals surface area contributed by atoms with Gasteiger partial charge in [-0.25, -0.2) is 0 Å². The van der Waals surface area contributed by atoms with Gasteiger partial charge in [0.1, 0.15) is 0 Å². The highest BCUT2D eigenvalue weighted by molar-refractivity contribution is 6.02. The largest absolute Gasteiger partial charge is 0.459 e. The molecule has 0 bridgehead atoms. The molecule has 152 valence electrons. The van der Waals surface area contributed by atoms with Crippen LogP contribution in [0.25, 0.3) is 0 Å². The number of para-hydroxylation sites is 2. The van der Waals surface area contributed by atoms with Crippen molar-refractivity contribution in [2.24, 2.45) is 0 Å². The standard InChI is InChI=1S/C21H24N4O4/c26-19(22-16-5-1-2-6-17(16)25-9-3-8-20(25)27)15-23-10-12-24(13-11-23)21(28)18-7-4-14-29-18/h1-2,4-7,14H,3,8-13,15H2,(H,22,26). The third-order valence-corrected chi connectivity index (χ3v) is 5.30. The predicted octanol–water partition coefficient (Wildman–Crippen LogP) is 1.80. The van der Waals surface area contributed by atoms with Gasteiger partial charge < -0.3 is 19.5 Å². The highest BCUT2D eigenvalue weighted by Gasteiger charge is 2.26. The maximum atomic E-state index is 12.6. The second-order valence-corrected chi connectivity index (χ2v) is 7.26. The Kier molecular flexibility index (Phi) is 5.62. The summed E-state index contributed by atoms with van der Waals surface area (Å²) < 4.78 is 5.17. The minimum Gasteiger partial charge on any atom is -0.459 e. The summed E-state index contributed by atoms with van der Waals surface area (Å²) in [6.45, 7) is 3.25. The van der Waals surface area contributed by atoms with Gasteiger partial charge in [-0.3, -0.25) is 19.3 Å². The van der Waals surface area contributed by atoms with Crippen LogP contribution < -0.4 is 10.2 Å². The second kappa shape index (κ2) is 8.48. The first-order valence-electron chi connectivity index (χ1n) is 9.86. The molecule has 2 aliphatic rings. The first kappa shape index (κ1) is 19.2. The van der Waals surface area contributed by atoms with E-state index in [1.807, 2.05) is 29.2 Å². The van der Waals surface area contributed by atoms with E-state index in [9.17, 15) is 14.4 Å². The highest BCUT2D eigenvalue weighted by Crippen LogP contribution is 2.29. The zero-order valence-corrected chi connectivity index (χ0v) is 16.2. The van der Waals surface area contributed by atoms with Crippen molar-refractivity contribution in [3.05, 3.63) is 48.4 Å². The zero-order chi connectivity index (χ0) is 20.2. The van der Waals surface area contributed by atoms with Gasteiger partial charge in [0.25, 0.3) is 5.91 Å². The first-order valence-corrected chi connectivity index (χ1v) is 9.86. The van der Waals surface area contributed by atoms with Gasteiger partial charge in [0.2, 0.25) is 11.8 Å². The lowest BCUT2D eigenvalue weighted by Crippen LogP contribution is -2.50. The smallest absolute Gasteiger partial charge is 0.289 e. The first-order chi connectivity index (χ1) is 14.1. The summed E-state index contributed by atoms with van der Waals surface area (Å²) in [5.74, 6) is 0.173. The molecule has 0 unspecified atom stereocenters. The second-order valence-electron chi connectivity index (χ2n) is 7.26. The molecule has 8 nitrogen and oxygen atoms in total. The maximum absolute atomic E-state index is 12.6. The van der Waals surface area contributed by atoms with Crippen molar-refractivity contribution in [3.63, 3.8) is 0 Å². The number of anilines is 2. The lowest BCUT2D eigenvalue weighted by molar-refractivity contribution is -0.118. The summed E-state index contributed by atoms with van der Waals surface area (Å²) >= 11 is 0. The molecule has 3 heterocycles. The van der Waals surface area contributed by atoms with Crippen molar-refractivity contribution >= 4 is 29.1 Å². The van der Waals surface area contributed by atoms with Crippen LogP contribution in [0.15, 0.2) is 47.1 Å². The zero-order valence-electron chi connectivity index (χ0n) is 16.2. The number of rotatable bonds is 5. The number of hydrogen-bond acceptors (Lipinski definition) is 5. The Labute approximate surface area is 169 Å². The molecular formula is C21H24N4O4. The lowest BCUT2D eigenvalue weighted by atomic mass is 10.2. The molecule has 0 atom stereocenters. The van der Waals surface area contributed by atoms with E-state index < -0.39 is 0 Å². The Morgan fingerprint density at radius 2 is 1.79 bits per heavy atom. The number of amides is 3. The van der Waals surface area contributed by atoms with Crippen molar-refractivity contribution in [2.45, 2.75) is 12.8 Å². The quantitative estimate of drug-likeness (QED) is 0.833. The van der Waals surface area contributed by atoms with Crippen molar-refractivity contribution in [3.8, 4) is 0 Å². The summed E-state index contributed by atoms with van der Waals surface area (Å²) in [5.41, 5.74) is 1.40. The van der Waals surface area contributed by atoms with Gasteiger partial charge >= 0.3 is 0 Å². The number of benzene rings is 1. The van der Waals surface area contributed by atoms with E-state index in [1.165, 1.54) is 6.26 Å². The van der Waals surface area contributed by atoms with Crippen molar-refractivity contribution < 1.29 is 18.8 Å². The molecule has 1 aromatic carbocycles. The van der Waals surface area contributed by atoms with Crippen LogP contribution in [0, 0.1) is 0 Å². The molecule has 0 radical (unpaired) electrons. The minimum atomic E-state index is -0.130. The van der Waals surface area contributed by atoms with Gasteiger partial charge in [-0.2, -0.15) is 0 Å². The number of piperazine rings is 1. The molecule has 0 spiro atoms. The SMILES string of the molecule is O=C(CN1CCN(C(=O)c2ccco2)CC1)Nc1ccccc1N1CCCC1=O. The van der Waals surface area contributed by atoms with Crippen LogP contribution in [0.2, 0.25) is 0 Å². The number of carbonyl (C=O) groups excluding carboxylic acids is 3. The minimum absolute atomic E-state index is 0.0871. The fraction of sp³-hybridized carbons (Fsp3) is 0.381. The Balaban J connectivity index is 1.31.